The second kappa shape index (κ2) is 9.52. The molecule has 3 aromatic rings. The molecule has 0 N–H and O–H groups in total. The Morgan fingerprint density at radius 3 is 2.09 bits per heavy atom. The van der Waals surface area contributed by atoms with Gasteiger partial charge in [0.2, 0.25) is 0 Å². The van der Waals surface area contributed by atoms with Crippen molar-refractivity contribution >= 4 is 58.2 Å². The first kappa shape index (κ1) is 24.4. The molecule has 0 fully saturated rings. The van der Waals surface area contributed by atoms with Gasteiger partial charge in [-0.3, -0.25) is 14.5 Å². The maximum absolute atomic E-state index is 13.6. The third-order valence-electron chi connectivity index (χ3n) is 5.39. The number of alkyl halides is 3. The molecule has 4 nitrogen and oxygen atoms in total. The van der Waals surface area contributed by atoms with E-state index in [0.29, 0.717) is 15.7 Å². The van der Waals surface area contributed by atoms with Gasteiger partial charge in [0.25, 0.3) is 11.8 Å². The monoisotopic (exact) mass is 524 g/mol. The molecule has 0 bridgehead atoms. The molecule has 0 saturated heterocycles. The van der Waals surface area contributed by atoms with Crippen molar-refractivity contribution in [3.63, 3.8) is 0 Å². The summed E-state index contributed by atoms with van der Waals surface area (Å²) in [6.07, 6.45) is 0. The molecule has 0 saturated carbocycles. The van der Waals surface area contributed by atoms with Gasteiger partial charge in [0.1, 0.15) is 6.54 Å². The van der Waals surface area contributed by atoms with Crippen molar-refractivity contribution in [2.24, 2.45) is 0 Å². The number of carbonyl (C=O) groups is 2. The number of thioether (sulfide) groups is 1. The first-order valence-corrected chi connectivity index (χ1v) is 11.7. The van der Waals surface area contributed by atoms with Crippen LogP contribution in [0.15, 0.2) is 71.6 Å². The van der Waals surface area contributed by atoms with E-state index in [9.17, 15) is 22.8 Å². The Bertz CT molecular complexity index is 1230. The number of hydrogen-bond donors (Lipinski definition) is 0. The van der Waals surface area contributed by atoms with Crippen molar-refractivity contribution in [1.82, 2.24) is 4.90 Å². The average Bonchev–Trinajstić information content (AvgIpc) is 2.88. The van der Waals surface area contributed by atoms with Gasteiger partial charge in [-0.15, -0.1) is 0 Å². The van der Waals surface area contributed by atoms with Crippen molar-refractivity contribution in [3.05, 3.63) is 87.9 Å². The summed E-state index contributed by atoms with van der Waals surface area (Å²) < 4.78 is 39.1. The number of halogens is 5. The second-order valence-corrected chi connectivity index (χ2v) is 9.60. The van der Waals surface area contributed by atoms with E-state index >= 15 is 0 Å². The molecule has 0 aromatic heterocycles. The van der Waals surface area contributed by atoms with Gasteiger partial charge in [-0.25, -0.2) is 0 Å². The van der Waals surface area contributed by atoms with Crippen LogP contribution in [-0.2, 0) is 4.79 Å². The summed E-state index contributed by atoms with van der Waals surface area (Å²) in [5.74, 6) is -0.960. The number of amides is 2. The van der Waals surface area contributed by atoms with Crippen LogP contribution in [0.3, 0.4) is 0 Å². The molecule has 176 valence electrons. The van der Waals surface area contributed by atoms with Gasteiger partial charge in [-0.1, -0.05) is 35.3 Å². The summed E-state index contributed by atoms with van der Waals surface area (Å²) in [7, 11) is 0. The molecular formula is C24H17Cl2F3N2O2S. The third kappa shape index (κ3) is 5.19. The molecule has 4 rings (SSSR count). The fraction of sp³-hybridized carbons (Fsp3) is 0.167. The maximum atomic E-state index is 13.6. The zero-order valence-electron chi connectivity index (χ0n) is 17.6. The fourth-order valence-electron chi connectivity index (χ4n) is 3.76. The van der Waals surface area contributed by atoms with Gasteiger partial charge in [-0.05, 0) is 78.8 Å². The first-order chi connectivity index (χ1) is 16.0. The second-order valence-electron chi connectivity index (χ2n) is 7.59. The van der Waals surface area contributed by atoms with E-state index in [4.69, 9.17) is 23.2 Å². The van der Waals surface area contributed by atoms with Crippen LogP contribution in [0.2, 0.25) is 10.0 Å². The predicted octanol–water partition coefficient (Wildman–Crippen LogP) is 7.49. The highest BCUT2D eigenvalue weighted by Crippen LogP contribution is 2.41. The normalized spacial score (nSPS) is 15.2. The van der Waals surface area contributed by atoms with Crippen LogP contribution >= 0.6 is 35.0 Å². The predicted molar refractivity (Wildman–Crippen MR) is 128 cm³/mol. The first-order valence-electron chi connectivity index (χ1n) is 10.1. The van der Waals surface area contributed by atoms with Gasteiger partial charge < -0.3 is 4.90 Å². The lowest BCUT2D eigenvalue weighted by Gasteiger charge is -2.28. The lowest BCUT2D eigenvalue weighted by atomic mass is 10.1. The number of benzene rings is 3. The zero-order chi connectivity index (χ0) is 24.6. The van der Waals surface area contributed by atoms with E-state index in [-0.39, 0.29) is 34.5 Å². The molecule has 0 aliphatic carbocycles. The van der Waals surface area contributed by atoms with Gasteiger partial charge in [0.15, 0.2) is 0 Å². The van der Waals surface area contributed by atoms with E-state index in [1.54, 1.807) is 55.5 Å². The summed E-state index contributed by atoms with van der Waals surface area (Å²) in [5.41, 5.74) is -3.15. The molecule has 1 aliphatic heterocycles. The highest BCUT2D eigenvalue weighted by Gasteiger charge is 2.36. The molecular weight excluding hydrogens is 508 g/mol. The van der Waals surface area contributed by atoms with E-state index in [1.165, 1.54) is 28.0 Å². The molecule has 1 heterocycles. The van der Waals surface area contributed by atoms with Gasteiger partial charge >= 0.3 is 5.51 Å². The van der Waals surface area contributed by atoms with Gasteiger partial charge in [0.05, 0.1) is 17.3 Å². The Morgan fingerprint density at radius 2 is 1.50 bits per heavy atom. The molecule has 0 radical (unpaired) electrons. The number of fused-ring (bicyclic) bond motifs is 1. The van der Waals surface area contributed by atoms with Gasteiger partial charge in [0, 0.05) is 20.6 Å². The molecule has 3 aromatic carbocycles. The standard InChI is InChI=1S/C24H17Cl2F3N2O2S/c1-14(15-2-4-16(25)5-3-15)30-13-22(32)31(18-8-6-17(26)7-9-18)21-11-10-19(34-24(27,28)29)12-20(21)23(30)33/h2-12,14H,13H2,1H3/t14-/m1/s1. The summed E-state index contributed by atoms with van der Waals surface area (Å²) in [6.45, 7) is 1.47. The van der Waals surface area contributed by atoms with Crippen LogP contribution in [-0.4, -0.2) is 28.8 Å². The minimum absolute atomic E-state index is 0.00383. The van der Waals surface area contributed by atoms with Crippen LogP contribution in [0, 0.1) is 0 Å². The fourth-order valence-corrected chi connectivity index (χ4v) is 4.60. The highest BCUT2D eigenvalue weighted by atomic mass is 35.5. The highest BCUT2D eigenvalue weighted by molar-refractivity contribution is 8.00. The number of rotatable bonds is 4. The minimum atomic E-state index is -4.52. The van der Waals surface area contributed by atoms with Crippen LogP contribution in [0.4, 0.5) is 24.5 Å². The van der Waals surface area contributed by atoms with Gasteiger partial charge in [-0.2, -0.15) is 13.2 Å². The van der Waals surface area contributed by atoms with E-state index < -0.39 is 23.4 Å². The summed E-state index contributed by atoms with van der Waals surface area (Å²) in [5, 5.41) is 0.972. The van der Waals surface area contributed by atoms with E-state index in [2.05, 4.69) is 0 Å². The van der Waals surface area contributed by atoms with Crippen LogP contribution < -0.4 is 4.90 Å². The zero-order valence-corrected chi connectivity index (χ0v) is 20.0. The number of nitrogens with zero attached hydrogens (tertiary/aromatic N) is 2. The van der Waals surface area contributed by atoms with Crippen LogP contribution in [0.1, 0.15) is 28.9 Å². The maximum Gasteiger partial charge on any atom is 0.446 e. The smallest absolute Gasteiger partial charge is 0.322 e. The quantitative estimate of drug-likeness (QED) is 0.332. The Labute approximate surface area is 208 Å². The molecule has 34 heavy (non-hydrogen) atoms. The van der Waals surface area contributed by atoms with E-state index in [0.717, 1.165) is 5.56 Å². The van der Waals surface area contributed by atoms with E-state index in [1.807, 2.05) is 0 Å². The number of anilines is 2. The lowest BCUT2D eigenvalue weighted by Crippen LogP contribution is -2.39. The SMILES string of the molecule is C[C@H](c1ccc(Cl)cc1)N1CC(=O)N(c2ccc(Cl)cc2)c2ccc(SC(F)(F)F)cc2C1=O. The van der Waals surface area contributed by atoms with Crippen molar-refractivity contribution < 1.29 is 22.8 Å². The number of hydrogen-bond acceptors (Lipinski definition) is 3. The third-order valence-corrected chi connectivity index (χ3v) is 6.62. The Balaban J connectivity index is 1.83. The molecule has 1 atom stereocenters. The summed E-state index contributed by atoms with van der Waals surface area (Å²) in [6, 6.07) is 16.5. The van der Waals surface area contributed by atoms with Crippen molar-refractivity contribution in [1.29, 1.82) is 0 Å². The van der Waals surface area contributed by atoms with Crippen molar-refractivity contribution in [2.45, 2.75) is 23.4 Å². The van der Waals surface area contributed by atoms with Crippen molar-refractivity contribution in [2.75, 3.05) is 11.4 Å². The topological polar surface area (TPSA) is 40.6 Å². The Kier molecular flexibility index (Phi) is 6.85. The average molecular weight is 525 g/mol. The molecule has 10 heteroatoms. The summed E-state index contributed by atoms with van der Waals surface area (Å²) >= 11 is 11.6. The minimum Gasteiger partial charge on any atom is -0.322 e. The molecule has 2 amide bonds. The van der Waals surface area contributed by atoms with Crippen LogP contribution in [0.5, 0.6) is 0 Å². The Morgan fingerprint density at radius 1 is 0.912 bits per heavy atom. The number of carbonyl (C=O) groups excluding carboxylic acids is 2. The largest absolute Gasteiger partial charge is 0.446 e. The molecule has 1 aliphatic rings. The molecule has 0 unspecified atom stereocenters. The lowest BCUT2D eigenvalue weighted by molar-refractivity contribution is -0.118. The summed E-state index contributed by atoms with van der Waals surface area (Å²) in [4.78, 5) is 29.6. The Hall–Kier alpha value is -2.68. The van der Waals surface area contributed by atoms with Crippen molar-refractivity contribution in [3.8, 4) is 0 Å². The molecule has 0 spiro atoms. The van der Waals surface area contributed by atoms with Crippen LogP contribution in [0.25, 0.3) is 0 Å².